The average Bonchev–Trinajstić information content (AvgIpc) is 1.81. The van der Waals surface area contributed by atoms with Gasteiger partial charge in [-0.3, -0.25) is 0 Å². The van der Waals surface area contributed by atoms with Crippen LogP contribution in [0.15, 0.2) is 12.1 Å². The van der Waals surface area contributed by atoms with Crippen molar-refractivity contribution >= 4 is 11.6 Å². The van der Waals surface area contributed by atoms with Gasteiger partial charge in [-0.2, -0.15) is 0 Å². The van der Waals surface area contributed by atoms with Crippen LogP contribution in [0.1, 0.15) is 19.4 Å². The molecule has 0 amide bonds. The molecule has 12 heavy (non-hydrogen) atoms. The average molecular weight is 186 g/mol. The zero-order valence-corrected chi connectivity index (χ0v) is 7.95. The lowest BCUT2D eigenvalue weighted by atomic mass is 10.0. The van der Waals surface area contributed by atoms with Crippen LogP contribution in [0, 0.1) is 17.8 Å². The van der Waals surface area contributed by atoms with Crippen LogP contribution in [0.25, 0.3) is 0 Å². The van der Waals surface area contributed by atoms with Gasteiger partial charge in [-0.25, -0.2) is 4.39 Å². The van der Waals surface area contributed by atoms with Gasteiger partial charge >= 0.3 is 0 Å². The summed E-state index contributed by atoms with van der Waals surface area (Å²) in [6, 6.07) is 5.62. The Kier molecular flexibility index (Phi) is 3.10. The summed E-state index contributed by atoms with van der Waals surface area (Å²) in [5.74, 6) is 0.140. The number of hydrogen-bond acceptors (Lipinski definition) is 0. The van der Waals surface area contributed by atoms with Crippen molar-refractivity contribution in [1.82, 2.24) is 0 Å². The van der Waals surface area contributed by atoms with E-state index in [1.165, 1.54) is 6.07 Å². The van der Waals surface area contributed by atoms with Crippen LogP contribution < -0.4 is 0 Å². The van der Waals surface area contributed by atoms with Gasteiger partial charge in [0.15, 0.2) is 0 Å². The van der Waals surface area contributed by atoms with Crippen molar-refractivity contribution in [3.63, 3.8) is 0 Å². The fourth-order valence-corrected chi connectivity index (χ4v) is 1.37. The Hall–Kier alpha value is -0.560. The topological polar surface area (TPSA) is 0 Å². The fourth-order valence-electron chi connectivity index (χ4n) is 1.14. The minimum absolute atomic E-state index is 0.352. The molecule has 0 spiro atoms. The predicted octanol–water partition coefficient (Wildman–Crippen LogP) is 3.48. The largest absolute Gasteiger partial charge is 0.206 e. The molecule has 1 aromatic rings. The molecule has 0 nitrogen and oxygen atoms in total. The molecule has 1 aromatic carbocycles. The first-order chi connectivity index (χ1) is 5.58. The summed E-state index contributed by atoms with van der Waals surface area (Å²) in [6.45, 7) is 4.17. The Morgan fingerprint density at radius 3 is 2.67 bits per heavy atom. The molecule has 0 fully saturated rings. The third-order valence-corrected chi connectivity index (χ3v) is 1.71. The van der Waals surface area contributed by atoms with Crippen LogP contribution in [0.3, 0.4) is 0 Å². The first-order valence-corrected chi connectivity index (χ1v) is 4.33. The first kappa shape index (κ1) is 9.53. The van der Waals surface area contributed by atoms with Crippen molar-refractivity contribution in [2.75, 3.05) is 0 Å². The number of benzene rings is 1. The highest BCUT2D eigenvalue weighted by molar-refractivity contribution is 6.30. The predicted molar refractivity (Wildman–Crippen MR) is 48.8 cm³/mol. The van der Waals surface area contributed by atoms with Crippen LogP contribution in [-0.4, -0.2) is 0 Å². The molecule has 0 unspecified atom stereocenters. The van der Waals surface area contributed by atoms with Crippen molar-refractivity contribution in [3.05, 3.63) is 34.6 Å². The SMILES string of the molecule is CC(C)Cc1cc(F)[c]c(Cl)c1. The van der Waals surface area contributed by atoms with Gasteiger partial charge in [0.1, 0.15) is 5.82 Å². The Bertz CT molecular complexity index is 248. The van der Waals surface area contributed by atoms with E-state index >= 15 is 0 Å². The number of halogens is 2. The quantitative estimate of drug-likeness (QED) is 0.662. The van der Waals surface area contributed by atoms with E-state index in [1.54, 1.807) is 6.07 Å². The third-order valence-electron chi connectivity index (χ3n) is 1.51. The summed E-state index contributed by atoms with van der Waals surface area (Å²) >= 11 is 5.64. The standard InChI is InChI=1S/C10H11ClF/c1-7(2)3-8-4-9(11)6-10(12)5-8/h4-5,7H,3H2,1-2H3. The smallest absolute Gasteiger partial charge is 0.132 e. The molecule has 0 aromatic heterocycles. The highest BCUT2D eigenvalue weighted by atomic mass is 35.5. The molecular weight excluding hydrogens is 175 g/mol. The van der Waals surface area contributed by atoms with Crippen LogP contribution in [-0.2, 0) is 6.42 Å². The van der Waals surface area contributed by atoms with Gasteiger partial charge in [-0.1, -0.05) is 25.4 Å². The van der Waals surface area contributed by atoms with Crippen LogP contribution in [0.4, 0.5) is 4.39 Å². The zero-order chi connectivity index (χ0) is 9.14. The summed E-state index contributed by atoms with van der Waals surface area (Å²) in [4.78, 5) is 0. The second kappa shape index (κ2) is 3.90. The summed E-state index contributed by atoms with van der Waals surface area (Å²) in [5.41, 5.74) is 0.936. The third kappa shape index (κ3) is 2.82. The normalized spacial score (nSPS) is 10.8. The van der Waals surface area contributed by atoms with Crippen LogP contribution >= 0.6 is 11.6 Å². The molecule has 0 atom stereocenters. The molecular formula is C10H11ClF. The molecule has 0 heterocycles. The molecule has 65 valence electrons. The summed E-state index contributed by atoms with van der Waals surface area (Å²) in [7, 11) is 0. The molecule has 0 aliphatic carbocycles. The Morgan fingerprint density at radius 1 is 1.50 bits per heavy atom. The van der Waals surface area contributed by atoms with E-state index in [-0.39, 0.29) is 5.82 Å². The summed E-state index contributed by atoms with van der Waals surface area (Å²) < 4.78 is 12.7. The van der Waals surface area contributed by atoms with Gasteiger partial charge in [0.25, 0.3) is 0 Å². The van der Waals surface area contributed by atoms with E-state index < -0.39 is 0 Å². The lowest BCUT2D eigenvalue weighted by molar-refractivity contribution is 0.611. The van der Waals surface area contributed by atoms with Crippen molar-refractivity contribution in [3.8, 4) is 0 Å². The molecule has 0 bridgehead atoms. The van der Waals surface area contributed by atoms with E-state index in [9.17, 15) is 4.39 Å². The van der Waals surface area contributed by atoms with E-state index in [4.69, 9.17) is 11.6 Å². The number of rotatable bonds is 2. The van der Waals surface area contributed by atoms with Gasteiger partial charge in [0.2, 0.25) is 0 Å². The van der Waals surface area contributed by atoms with Crippen molar-refractivity contribution in [2.45, 2.75) is 20.3 Å². The highest BCUT2D eigenvalue weighted by Crippen LogP contribution is 2.15. The minimum atomic E-state index is -0.377. The van der Waals surface area contributed by atoms with Gasteiger partial charge in [-0.15, -0.1) is 0 Å². The van der Waals surface area contributed by atoms with Gasteiger partial charge in [0, 0.05) is 6.07 Å². The Labute approximate surface area is 77.4 Å². The maximum Gasteiger partial charge on any atom is 0.132 e. The van der Waals surface area contributed by atoms with E-state index in [0.29, 0.717) is 10.9 Å². The molecule has 0 saturated carbocycles. The number of hydrogen-bond donors (Lipinski definition) is 0. The van der Waals surface area contributed by atoms with Gasteiger partial charge in [-0.05, 0) is 30.0 Å². The van der Waals surface area contributed by atoms with Crippen molar-refractivity contribution < 1.29 is 4.39 Å². The summed E-state index contributed by atoms with van der Waals surface area (Å²) in [6.07, 6.45) is 0.852. The maximum absolute atomic E-state index is 12.7. The Balaban J connectivity index is 2.85. The lowest BCUT2D eigenvalue weighted by Crippen LogP contribution is -1.94. The second-order valence-electron chi connectivity index (χ2n) is 3.28. The van der Waals surface area contributed by atoms with Gasteiger partial charge < -0.3 is 0 Å². The molecule has 0 N–H and O–H groups in total. The molecule has 0 aliphatic heterocycles. The van der Waals surface area contributed by atoms with Crippen molar-refractivity contribution in [2.24, 2.45) is 5.92 Å². The molecule has 1 radical (unpaired) electrons. The monoisotopic (exact) mass is 185 g/mol. The molecule has 2 heteroatoms. The highest BCUT2D eigenvalue weighted by Gasteiger charge is 2.01. The van der Waals surface area contributed by atoms with E-state index in [0.717, 1.165) is 12.0 Å². The van der Waals surface area contributed by atoms with Gasteiger partial charge in [0.05, 0.1) is 5.02 Å². The molecule has 0 saturated heterocycles. The lowest BCUT2D eigenvalue weighted by Gasteiger charge is -2.04. The second-order valence-corrected chi connectivity index (χ2v) is 3.69. The summed E-state index contributed by atoms with van der Waals surface area (Å²) in [5, 5.41) is 0.352. The van der Waals surface area contributed by atoms with Crippen LogP contribution in [0.2, 0.25) is 5.02 Å². The van der Waals surface area contributed by atoms with Crippen LogP contribution in [0.5, 0.6) is 0 Å². The van der Waals surface area contributed by atoms with E-state index in [2.05, 4.69) is 19.9 Å². The zero-order valence-electron chi connectivity index (χ0n) is 7.20. The first-order valence-electron chi connectivity index (χ1n) is 3.95. The molecule has 1 rings (SSSR count). The van der Waals surface area contributed by atoms with Crippen molar-refractivity contribution in [1.29, 1.82) is 0 Å². The maximum atomic E-state index is 12.7. The molecule has 0 aliphatic rings. The fraction of sp³-hybridized carbons (Fsp3) is 0.400. The Morgan fingerprint density at radius 2 is 2.17 bits per heavy atom. The van der Waals surface area contributed by atoms with E-state index in [1.807, 2.05) is 0 Å². The minimum Gasteiger partial charge on any atom is -0.206 e.